The fourth-order valence-electron chi connectivity index (χ4n) is 3.72. The van der Waals surface area contributed by atoms with E-state index in [-0.39, 0.29) is 29.9 Å². The smallest absolute Gasteiger partial charge is 0.236 e. The van der Waals surface area contributed by atoms with E-state index in [4.69, 9.17) is 4.99 Å². The lowest BCUT2D eigenvalue weighted by Gasteiger charge is -2.37. The summed E-state index contributed by atoms with van der Waals surface area (Å²) in [7, 11) is 1.95. The Morgan fingerprint density at radius 1 is 1.10 bits per heavy atom. The average Bonchev–Trinajstić information content (AvgIpc) is 3.07. The van der Waals surface area contributed by atoms with Crippen LogP contribution < -0.4 is 5.32 Å². The molecule has 3 heterocycles. The first-order valence-corrected chi connectivity index (χ1v) is 10.6. The lowest BCUT2D eigenvalue weighted by molar-refractivity contribution is -0.133. The summed E-state index contributed by atoms with van der Waals surface area (Å²) in [5, 5.41) is 11.6. The SMILES string of the molecule is C=CCNC(=NCc1nnc(C)n1C)N1CCN(CC(=O)N2CCCCC2)CC1.I. The molecule has 0 aliphatic carbocycles. The predicted molar refractivity (Wildman–Crippen MR) is 129 cm³/mol. The molecule has 2 saturated heterocycles. The molecule has 2 aliphatic rings. The van der Waals surface area contributed by atoms with Crippen LogP contribution >= 0.6 is 24.0 Å². The molecule has 0 saturated carbocycles. The van der Waals surface area contributed by atoms with E-state index >= 15 is 0 Å². The third-order valence-corrected chi connectivity index (χ3v) is 5.70. The summed E-state index contributed by atoms with van der Waals surface area (Å²) in [5.41, 5.74) is 0. The molecule has 0 unspecified atom stereocenters. The molecule has 30 heavy (non-hydrogen) atoms. The number of amides is 1. The third kappa shape index (κ3) is 6.66. The molecule has 168 valence electrons. The van der Waals surface area contributed by atoms with Gasteiger partial charge in [0.05, 0.1) is 6.54 Å². The molecular weight excluding hydrogens is 495 g/mol. The molecule has 3 rings (SSSR count). The number of piperidine rings is 1. The number of aliphatic imine (C=N–C) groups is 1. The lowest BCUT2D eigenvalue weighted by Crippen LogP contribution is -2.54. The molecular formula is C20H35IN8O. The van der Waals surface area contributed by atoms with Crippen LogP contribution in [0.25, 0.3) is 0 Å². The van der Waals surface area contributed by atoms with Gasteiger partial charge in [-0.2, -0.15) is 0 Å². The van der Waals surface area contributed by atoms with Crippen molar-refractivity contribution < 1.29 is 4.79 Å². The van der Waals surface area contributed by atoms with Crippen LogP contribution in [-0.4, -0.2) is 93.7 Å². The van der Waals surface area contributed by atoms with Crippen LogP contribution in [-0.2, 0) is 18.4 Å². The molecule has 1 amide bonds. The molecule has 10 heteroatoms. The van der Waals surface area contributed by atoms with E-state index in [2.05, 4.69) is 31.9 Å². The Morgan fingerprint density at radius 2 is 1.80 bits per heavy atom. The highest BCUT2D eigenvalue weighted by Crippen LogP contribution is 2.10. The molecule has 9 nitrogen and oxygen atoms in total. The minimum Gasteiger partial charge on any atom is -0.353 e. The van der Waals surface area contributed by atoms with Crippen molar-refractivity contribution in [2.24, 2.45) is 12.0 Å². The summed E-state index contributed by atoms with van der Waals surface area (Å²) < 4.78 is 1.96. The maximum atomic E-state index is 12.5. The maximum absolute atomic E-state index is 12.5. The van der Waals surface area contributed by atoms with Gasteiger partial charge in [0.15, 0.2) is 11.8 Å². The van der Waals surface area contributed by atoms with E-state index in [9.17, 15) is 4.79 Å². The van der Waals surface area contributed by atoms with Gasteiger partial charge in [0.1, 0.15) is 12.4 Å². The van der Waals surface area contributed by atoms with Gasteiger partial charge >= 0.3 is 0 Å². The van der Waals surface area contributed by atoms with Gasteiger partial charge in [0, 0.05) is 52.9 Å². The van der Waals surface area contributed by atoms with Crippen molar-refractivity contribution in [2.75, 3.05) is 52.4 Å². The summed E-state index contributed by atoms with van der Waals surface area (Å²) >= 11 is 0. The van der Waals surface area contributed by atoms with E-state index in [0.29, 0.717) is 19.6 Å². The van der Waals surface area contributed by atoms with Crippen molar-refractivity contribution in [2.45, 2.75) is 32.7 Å². The average molecular weight is 530 g/mol. The van der Waals surface area contributed by atoms with Crippen molar-refractivity contribution in [3.63, 3.8) is 0 Å². The van der Waals surface area contributed by atoms with E-state index < -0.39 is 0 Å². The minimum atomic E-state index is 0. The normalized spacial score (nSPS) is 18.1. The molecule has 0 atom stereocenters. The number of carbonyl (C=O) groups is 1. The Labute approximate surface area is 196 Å². The zero-order chi connectivity index (χ0) is 20.6. The number of aromatic nitrogens is 3. The fraction of sp³-hybridized carbons (Fsp3) is 0.700. The second kappa shape index (κ2) is 12.2. The lowest BCUT2D eigenvalue weighted by atomic mass is 10.1. The molecule has 0 spiro atoms. The van der Waals surface area contributed by atoms with E-state index in [1.165, 1.54) is 6.42 Å². The molecule has 1 aromatic heterocycles. The molecule has 2 fully saturated rings. The Hall–Kier alpha value is -1.69. The molecule has 1 N–H and O–H groups in total. The Morgan fingerprint density at radius 3 is 2.40 bits per heavy atom. The number of nitrogens with zero attached hydrogens (tertiary/aromatic N) is 7. The number of hydrogen-bond acceptors (Lipinski definition) is 5. The number of carbonyl (C=O) groups excluding carboxylic acids is 1. The third-order valence-electron chi connectivity index (χ3n) is 5.70. The molecule has 0 aromatic carbocycles. The number of guanidine groups is 1. The van der Waals surface area contributed by atoms with Gasteiger partial charge < -0.3 is 19.7 Å². The highest BCUT2D eigenvalue weighted by Gasteiger charge is 2.24. The summed E-state index contributed by atoms with van der Waals surface area (Å²) in [5.74, 6) is 2.84. The number of aryl methyl sites for hydroxylation is 1. The summed E-state index contributed by atoms with van der Waals surface area (Å²) in [6.07, 6.45) is 5.35. The first-order valence-electron chi connectivity index (χ1n) is 10.6. The minimum absolute atomic E-state index is 0. The van der Waals surface area contributed by atoms with Crippen LogP contribution in [0.1, 0.15) is 30.9 Å². The largest absolute Gasteiger partial charge is 0.353 e. The Balaban J connectivity index is 0.00000320. The second-order valence-corrected chi connectivity index (χ2v) is 7.74. The van der Waals surface area contributed by atoms with Gasteiger partial charge in [-0.3, -0.25) is 9.69 Å². The molecule has 0 bridgehead atoms. The van der Waals surface area contributed by atoms with Gasteiger partial charge in [-0.05, 0) is 26.2 Å². The maximum Gasteiger partial charge on any atom is 0.236 e. The molecule has 1 aromatic rings. The molecule has 0 radical (unpaired) electrons. The monoisotopic (exact) mass is 530 g/mol. The number of halogens is 1. The van der Waals surface area contributed by atoms with Crippen LogP contribution in [0.4, 0.5) is 0 Å². The highest BCUT2D eigenvalue weighted by molar-refractivity contribution is 14.0. The van der Waals surface area contributed by atoms with Gasteiger partial charge in [-0.15, -0.1) is 40.8 Å². The van der Waals surface area contributed by atoms with Gasteiger partial charge in [0.25, 0.3) is 0 Å². The summed E-state index contributed by atoms with van der Waals surface area (Å²) in [6.45, 7) is 12.6. The van der Waals surface area contributed by atoms with Crippen LogP contribution in [0, 0.1) is 6.92 Å². The van der Waals surface area contributed by atoms with E-state index in [1.807, 2.05) is 29.5 Å². The van der Waals surface area contributed by atoms with E-state index in [0.717, 1.165) is 69.7 Å². The standard InChI is InChI=1S/C20H34N8O.HI/c1-4-8-21-20(22-15-18-24-23-17(2)25(18)3)28-13-11-26(12-14-28)16-19(29)27-9-6-5-7-10-27;/h4H,1,5-16H2,2-3H3,(H,21,22);1H. The quantitative estimate of drug-likeness (QED) is 0.256. The number of piperazine rings is 1. The van der Waals surface area contributed by atoms with Crippen LogP contribution in [0.5, 0.6) is 0 Å². The highest BCUT2D eigenvalue weighted by atomic mass is 127. The summed E-state index contributed by atoms with van der Waals surface area (Å²) in [4.78, 5) is 23.8. The van der Waals surface area contributed by atoms with Gasteiger partial charge in [-0.1, -0.05) is 6.08 Å². The van der Waals surface area contributed by atoms with Gasteiger partial charge in [-0.25, -0.2) is 4.99 Å². The molecule has 2 aliphatic heterocycles. The Kier molecular flexibility index (Phi) is 10.0. The predicted octanol–water partition coefficient (Wildman–Crippen LogP) is 1.00. The van der Waals surface area contributed by atoms with Crippen LogP contribution in [0.3, 0.4) is 0 Å². The van der Waals surface area contributed by atoms with Crippen molar-refractivity contribution in [1.82, 2.24) is 34.8 Å². The fourth-order valence-corrected chi connectivity index (χ4v) is 3.72. The van der Waals surface area contributed by atoms with Crippen LogP contribution in [0.15, 0.2) is 17.6 Å². The number of rotatable bonds is 6. The Bertz CT molecular complexity index is 720. The van der Waals surface area contributed by atoms with E-state index in [1.54, 1.807) is 0 Å². The number of nitrogens with one attached hydrogen (secondary N) is 1. The first-order chi connectivity index (χ1) is 14.1. The second-order valence-electron chi connectivity index (χ2n) is 7.74. The van der Waals surface area contributed by atoms with Crippen molar-refractivity contribution >= 4 is 35.8 Å². The zero-order valence-corrected chi connectivity index (χ0v) is 20.5. The van der Waals surface area contributed by atoms with Crippen molar-refractivity contribution in [1.29, 1.82) is 0 Å². The number of likely N-dealkylation sites (tertiary alicyclic amines) is 1. The zero-order valence-electron chi connectivity index (χ0n) is 18.2. The first kappa shape index (κ1) is 24.6. The number of hydrogen-bond donors (Lipinski definition) is 1. The summed E-state index contributed by atoms with van der Waals surface area (Å²) in [6, 6.07) is 0. The van der Waals surface area contributed by atoms with Crippen molar-refractivity contribution in [3.05, 3.63) is 24.3 Å². The van der Waals surface area contributed by atoms with Crippen LogP contribution in [0.2, 0.25) is 0 Å². The van der Waals surface area contributed by atoms with Crippen molar-refractivity contribution in [3.8, 4) is 0 Å². The topological polar surface area (TPSA) is 81.9 Å². The van der Waals surface area contributed by atoms with Gasteiger partial charge in [0.2, 0.25) is 5.91 Å².